The second kappa shape index (κ2) is 7.81. The van der Waals surface area contributed by atoms with Crippen molar-refractivity contribution in [1.82, 2.24) is 5.32 Å². The molecule has 0 bridgehead atoms. The molecule has 2 rings (SSSR count). The fraction of sp³-hybridized carbons (Fsp3) is 0.471. The normalized spacial score (nSPS) is 14.5. The summed E-state index contributed by atoms with van der Waals surface area (Å²) in [7, 11) is 1.42. The lowest BCUT2D eigenvalue weighted by Gasteiger charge is -2.13. The maximum Gasteiger partial charge on any atom is 0.224 e. The van der Waals surface area contributed by atoms with Crippen LogP contribution in [0.25, 0.3) is 0 Å². The first-order chi connectivity index (χ1) is 10.2. The number of ether oxygens (including phenoxy) is 1. The molecule has 1 N–H and O–H groups in total. The number of methoxy groups -OCH3 is 1. The standard InChI is InChI=1S/C17H22FNO2/c1-21-16-8-7-14(11-15(16)18)12-17(20)19-10-9-13-5-3-2-4-6-13/h5,7-8,11H,2-4,6,9-10,12H2,1H3,(H,19,20). The molecule has 1 aromatic rings. The number of nitrogens with one attached hydrogen (secondary N) is 1. The Balaban J connectivity index is 1.76. The fourth-order valence-corrected chi connectivity index (χ4v) is 2.56. The first-order valence-electron chi connectivity index (χ1n) is 7.46. The third-order valence-corrected chi connectivity index (χ3v) is 3.73. The number of rotatable bonds is 6. The number of allylic oxidation sites excluding steroid dienone is 1. The van der Waals surface area contributed by atoms with Gasteiger partial charge in [-0.05, 0) is 49.8 Å². The van der Waals surface area contributed by atoms with Crippen LogP contribution in [0.2, 0.25) is 0 Å². The van der Waals surface area contributed by atoms with Gasteiger partial charge < -0.3 is 10.1 Å². The summed E-state index contributed by atoms with van der Waals surface area (Å²) >= 11 is 0. The number of carbonyl (C=O) groups excluding carboxylic acids is 1. The van der Waals surface area contributed by atoms with E-state index < -0.39 is 5.82 Å². The van der Waals surface area contributed by atoms with Gasteiger partial charge in [0.05, 0.1) is 13.5 Å². The minimum atomic E-state index is -0.435. The molecule has 0 fully saturated rings. The van der Waals surface area contributed by atoms with Gasteiger partial charge in [-0.1, -0.05) is 17.7 Å². The van der Waals surface area contributed by atoms with E-state index in [2.05, 4.69) is 11.4 Å². The molecule has 1 aromatic carbocycles. The quantitative estimate of drug-likeness (QED) is 0.816. The van der Waals surface area contributed by atoms with Gasteiger partial charge >= 0.3 is 0 Å². The maximum absolute atomic E-state index is 13.5. The van der Waals surface area contributed by atoms with Crippen LogP contribution in [0.4, 0.5) is 4.39 Å². The second-order valence-corrected chi connectivity index (χ2v) is 5.35. The highest BCUT2D eigenvalue weighted by Crippen LogP contribution is 2.20. The summed E-state index contributed by atoms with van der Waals surface area (Å²) in [6.07, 6.45) is 8.24. The second-order valence-electron chi connectivity index (χ2n) is 5.35. The average Bonchev–Trinajstić information content (AvgIpc) is 2.48. The van der Waals surface area contributed by atoms with Crippen molar-refractivity contribution in [2.45, 2.75) is 38.5 Å². The summed E-state index contributed by atoms with van der Waals surface area (Å²) in [6.45, 7) is 0.656. The maximum atomic E-state index is 13.5. The van der Waals surface area contributed by atoms with E-state index in [-0.39, 0.29) is 18.1 Å². The molecule has 0 heterocycles. The molecular weight excluding hydrogens is 269 g/mol. The van der Waals surface area contributed by atoms with Crippen molar-refractivity contribution in [3.8, 4) is 5.75 Å². The molecule has 3 nitrogen and oxygen atoms in total. The van der Waals surface area contributed by atoms with Crippen LogP contribution in [0.3, 0.4) is 0 Å². The van der Waals surface area contributed by atoms with Gasteiger partial charge in [0.25, 0.3) is 0 Å². The highest BCUT2D eigenvalue weighted by atomic mass is 19.1. The minimum Gasteiger partial charge on any atom is -0.494 e. The summed E-state index contributed by atoms with van der Waals surface area (Å²) in [6, 6.07) is 4.61. The van der Waals surface area contributed by atoms with Crippen molar-refractivity contribution in [2.24, 2.45) is 0 Å². The molecule has 0 aliphatic heterocycles. The van der Waals surface area contributed by atoms with Crippen LogP contribution >= 0.6 is 0 Å². The van der Waals surface area contributed by atoms with E-state index in [1.807, 2.05) is 0 Å². The van der Waals surface area contributed by atoms with Crippen molar-refractivity contribution in [2.75, 3.05) is 13.7 Å². The van der Waals surface area contributed by atoms with E-state index in [4.69, 9.17) is 4.74 Å². The molecule has 0 spiro atoms. The van der Waals surface area contributed by atoms with Crippen molar-refractivity contribution in [3.05, 3.63) is 41.2 Å². The zero-order chi connectivity index (χ0) is 15.1. The average molecular weight is 291 g/mol. The van der Waals surface area contributed by atoms with Crippen LogP contribution in [0.1, 0.15) is 37.7 Å². The fourth-order valence-electron chi connectivity index (χ4n) is 2.56. The van der Waals surface area contributed by atoms with Crippen LogP contribution in [0.15, 0.2) is 29.8 Å². The number of benzene rings is 1. The van der Waals surface area contributed by atoms with Crippen molar-refractivity contribution in [1.29, 1.82) is 0 Å². The molecule has 21 heavy (non-hydrogen) atoms. The van der Waals surface area contributed by atoms with Crippen LogP contribution in [-0.4, -0.2) is 19.6 Å². The third kappa shape index (κ3) is 4.88. The summed E-state index contributed by atoms with van der Waals surface area (Å²) in [5, 5.41) is 2.89. The zero-order valence-corrected chi connectivity index (χ0v) is 12.5. The summed E-state index contributed by atoms with van der Waals surface area (Å²) in [4.78, 5) is 11.8. The molecule has 4 heteroatoms. The number of hydrogen-bond donors (Lipinski definition) is 1. The molecule has 0 saturated heterocycles. The van der Waals surface area contributed by atoms with Crippen LogP contribution in [0, 0.1) is 5.82 Å². The Bertz CT molecular complexity index is 526. The lowest BCUT2D eigenvalue weighted by Crippen LogP contribution is -2.26. The van der Waals surface area contributed by atoms with Gasteiger partial charge in [-0.2, -0.15) is 0 Å². The molecule has 0 atom stereocenters. The van der Waals surface area contributed by atoms with Crippen LogP contribution in [0.5, 0.6) is 5.75 Å². The Morgan fingerprint density at radius 1 is 1.38 bits per heavy atom. The molecule has 0 aromatic heterocycles. The Morgan fingerprint density at radius 3 is 2.90 bits per heavy atom. The van der Waals surface area contributed by atoms with Crippen molar-refractivity contribution in [3.63, 3.8) is 0 Å². The molecule has 1 aliphatic carbocycles. The Hall–Kier alpha value is -1.84. The summed E-state index contributed by atoms with van der Waals surface area (Å²) < 4.78 is 18.4. The first kappa shape index (κ1) is 15.5. The predicted octanol–water partition coefficient (Wildman–Crippen LogP) is 3.38. The molecule has 0 unspecified atom stereocenters. The van der Waals surface area contributed by atoms with Crippen molar-refractivity contribution < 1.29 is 13.9 Å². The van der Waals surface area contributed by atoms with E-state index in [0.29, 0.717) is 12.1 Å². The Morgan fingerprint density at radius 2 is 2.24 bits per heavy atom. The minimum absolute atomic E-state index is 0.0732. The van der Waals surface area contributed by atoms with E-state index in [1.165, 1.54) is 31.6 Å². The molecule has 1 amide bonds. The van der Waals surface area contributed by atoms with E-state index >= 15 is 0 Å². The van der Waals surface area contributed by atoms with Gasteiger partial charge in [0.2, 0.25) is 5.91 Å². The highest BCUT2D eigenvalue weighted by molar-refractivity contribution is 5.78. The van der Waals surface area contributed by atoms with Gasteiger partial charge in [-0.25, -0.2) is 4.39 Å². The smallest absolute Gasteiger partial charge is 0.224 e. The molecule has 0 saturated carbocycles. The van der Waals surface area contributed by atoms with Gasteiger partial charge in [-0.3, -0.25) is 4.79 Å². The van der Waals surface area contributed by atoms with Gasteiger partial charge in [-0.15, -0.1) is 0 Å². The third-order valence-electron chi connectivity index (χ3n) is 3.73. The molecule has 1 aliphatic rings. The molecule has 0 radical (unpaired) electrons. The zero-order valence-electron chi connectivity index (χ0n) is 12.5. The number of hydrogen-bond acceptors (Lipinski definition) is 2. The SMILES string of the molecule is COc1ccc(CC(=O)NCCC2=CCCCC2)cc1F. The lowest BCUT2D eigenvalue weighted by atomic mass is 9.97. The summed E-state index contributed by atoms with van der Waals surface area (Å²) in [5.41, 5.74) is 2.10. The molecular formula is C17H22FNO2. The monoisotopic (exact) mass is 291 g/mol. The number of halogens is 1. The Labute approximate surface area is 125 Å². The van der Waals surface area contributed by atoms with E-state index in [1.54, 1.807) is 12.1 Å². The van der Waals surface area contributed by atoms with Crippen LogP contribution in [-0.2, 0) is 11.2 Å². The van der Waals surface area contributed by atoms with Gasteiger partial charge in [0.15, 0.2) is 11.6 Å². The molecule has 114 valence electrons. The topological polar surface area (TPSA) is 38.3 Å². The first-order valence-corrected chi connectivity index (χ1v) is 7.46. The largest absolute Gasteiger partial charge is 0.494 e. The lowest BCUT2D eigenvalue weighted by molar-refractivity contribution is -0.120. The summed E-state index contributed by atoms with van der Waals surface area (Å²) in [5.74, 6) is -0.311. The van der Waals surface area contributed by atoms with Crippen molar-refractivity contribution >= 4 is 5.91 Å². The van der Waals surface area contributed by atoms with Gasteiger partial charge in [0, 0.05) is 6.54 Å². The predicted molar refractivity (Wildman–Crippen MR) is 80.8 cm³/mol. The van der Waals surface area contributed by atoms with E-state index in [9.17, 15) is 9.18 Å². The van der Waals surface area contributed by atoms with Gasteiger partial charge in [0.1, 0.15) is 0 Å². The van der Waals surface area contributed by atoms with E-state index in [0.717, 1.165) is 19.3 Å². The highest BCUT2D eigenvalue weighted by Gasteiger charge is 2.08. The number of carbonyl (C=O) groups is 1. The Kier molecular flexibility index (Phi) is 5.78. The number of amides is 1. The van der Waals surface area contributed by atoms with Crippen LogP contribution < -0.4 is 10.1 Å².